The van der Waals surface area contributed by atoms with E-state index in [4.69, 9.17) is 4.42 Å². The fourth-order valence-corrected chi connectivity index (χ4v) is 4.26. The molecule has 1 amide bonds. The van der Waals surface area contributed by atoms with Crippen molar-refractivity contribution in [2.24, 2.45) is 17.8 Å². The number of aliphatic carboxylic acids is 1. The highest BCUT2D eigenvalue weighted by molar-refractivity contribution is 5.95. The number of rotatable bonds is 5. The summed E-state index contributed by atoms with van der Waals surface area (Å²) in [7, 11) is 0. The van der Waals surface area contributed by atoms with E-state index in [1.54, 1.807) is 34.0 Å². The summed E-state index contributed by atoms with van der Waals surface area (Å²) >= 11 is 0. The highest BCUT2D eigenvalue weighted by atomic mass is 16.4. The first kappa shape index (κ1) is 17.7. The van der Waals surface area contributed by atoms with Gasteiger partial charge in [0, 0.05) is 19.2 Å². The Morgan fingerprint density at radius 3 is 2.52 bits per heavy atom. The average Bonchev–Trinajstić information content (AvgIpc) is 3.17. The van der Waals surface area contributed by atoms with Crippen LogP contribution in [0.1, 0.15) is 23.3 Å². The van der Waals surface area contributed by atoms with E-state index in [0.717, 1.165) is 18.5 Å². The Balaban J connectivity index is 1.51. The molecule has 7 heteroatoms. The van der Waals surface area contributed by atoms with Gasteiger partial charge in [0.2, 0.25) is 0 Å². The van der Waals surface area contributed by atoms with Gasteiger partial charge in [0.15, 0.2) is 5.76 Å². The molecular weight excluding hydrogens is 370 g/mol. The van der Waals surface area contributed by atoms with Gasteiger partial charge in [0.1, 0.15) is 11.4 Å². The maximum absolute atomic E-state index is 13.4. The third-order valence-corrected chi connectivity index (χ3v) is 5.90. The first-order valence-electron chi connectivity index (χ1n) is 9.83. The van der Waals surface area contributed by atoms with Gasteiger partial charge in [-0.05, 0) is 48.9 Å². The minimum absolute atomic E-state index is 0.0362. The molecule has 0 spiro atoms. The molecular formula is C22H21N3O4. The molecule has 1 aromatic carbocycles. The molecule has 2 aromatic heterocycles. The maximum atomic E-state index is 13.4. The Morgan fingerprint density at radius 1 is 1.07 bits per heavy atom. The molecule has 5 rings (SSSR count). The molecule has 1 saturated carbocycles. The van der Waals surface area contributed by atoms with Crippen LogP contribution in [0.2, 0.25) is 0 Å². The standard InChI is InChI=1S/C22H21N3O4/c26-21(24-12-16(14-8-9-14)17(13-24)22(27)28)19-11-18(20-7-4-10-29-20)23-25(19)15-5-2-1-3-6-15/h1-7,10-11,14,16-17H,8-9,12-13H2,(H,27,28)/t16-,17+/m1/s1. The number of carboxylic acid groups (broad SMARTS) is 1. The van der Waals surface area contributed by atoms with E-state index in [0.29, 0.717) is 29.6 Å². The van der Waals surface area contributed by atoms with Crippen LogP contribution in [-0.4, -0.2) is 44.8 Å². The molecule has 148 valence electrons. The molecule has 29 heavy (non-hydrogen) atoms. The molecule has 0 unspecified atom stereocenters. The zero-order chi connectivity index (χ0) is 20.0. The lowest BCUT2D eigenvalue weighted by Gasteiger charge is -2.17. The lowest BCUT2D eigenvalue weighted by molar-refractivity contribution is -0.142. The van der Waals surface area contributed by atoms with Crippen LogP contribution in [0, 0.1) is 17.8 Å². The van der Waals surface area contributed by atoms with Crippen molar-refractivity contribution in [3.8, 4) is 17.1 Å². The van der Waals surface area contributed by atoms with Crippen LogP contribution in [0.4, 0.5) is 0 Å². The molecule has 3 aromatic rings. The van der Waals surface area contributed by atoms with Crippen molar-refractivity contribution in [3.63, 3.8) is 0 Å². The van der Waals surface area contributed by atoms with E-state index in [-0.39, 0.29) is 18.4 Å². The summed E-state index contributed by atoms with van der Waals surface area (Å²) in [5.41, 5.74) is 1.74. The number of hydrogen-bond donors (Lipinski definition) is 1. The van der Waals surface area contributed by atoms with Crippen molar-refractivity contribution in [2.45, 2.75) is 12.8 Å². The van der Waals surface area contributed by atoms with Crippen LogP contribution in [-0.2, 0) is 4.79 Å². The zero-order valence-corrected chi connectivity index (χ0v) is 15.8. The number of amides is 1. The van der Waals surface area contributed by atoms with Gasteiger partial charge < -0.3 is 14.4 Å². The summed E-state index contributed by atoms with van der Waals surface area (Å²) in [4.78, 5) is 26.8. The second kappa shape index (κ2) is 6.92. The first-order valence-corrected chi connectivity index (χ1v) is 9.83. The molecule has 3 heterocycles. The largest absolute Gasteiger partial charge is 0.481 e. The minimum Gasteiger partial charge on any atom is -0.481 e. The summed E-state index contributed by atoms with van der Waals surface area (Å²) in [6.07, 6.45) is 3.68. The van der Waals surface area contributed by atoms with E-state index in [2.05, 4.69) is 5.10 Å². The van der Waals surface area contributed by atoms with Crippen LogP contribution in [0.5, 0.6) is 0 Å². The van der Waals surface area contributed by atoms with Crippen molar-refractivity contribution >= 4 is 11.9 Å². The number of para-hydroxylation sites is 1. The highest BCUT2D eigenvalue weighted by Crippen LogP contribution is 2.44. The lowest BCUT2D eigenvalue weighted by Crippen LogP contribution is -2.31. The molecule has 1 aliphatic carbocycles. The van der Waals surface area contributed by atoms with Gasteiger partial charge in [-0.15, -0.1) is 0 Å². The van der Waals surface area contributed by atoms with E-state index < -0.39 is 11.9 Å². The second-order valence-electron chi connectivity index (χ2n) is 7.80. The summed E-state index contributed by atoms with van der Waals surface area (Å²) in [6, 6.07) is 14.7. The summed E-state index contributed by atoms with van der Waals surface area (Å²) in [5.74, 6) is -0.474. The van der Waals surface area contributed by atoms with Crippen molar-refractivity contribution < 1.29 is 19.1 Å². The Hall–Kier alpha value is -3.35. The van der Waals surface area contributed by atoms with Gasteiger partial charge >= 0.3 is 5.97 Å². The molecule has 1 aliphatic heterocycles. The van der Waals surface area contributed by atoms with Gasteiger partial charge in [-0.1, -0.05) is 18.2 Å². The second-order valence-corrected chi connectivity index (χ2v) is 7.80. The van der Waals surface area contributed by atoms with Crippen LogP contribution < -0.4 is 0 Å². The van der Waals surface area contributed by atoms with Gasteiger partial charge in [-0.25, -0.2) is 4.68 Å². The topological polar surface area (TPSA) is 88.6 Å². The number of carbonyl (C=O) groups excluding carboxylic acids is 1. The van der Waals surface area contributed by atoms with Crippen molar-refractivity contribution in [2.75, 3.05) is 13.1 Å². The van der Waals surface area contributed by atoms with Gasteiger partial charge in [-0.2, -0.15) is 5.10 Å². The van der Waals surface area contributed by atoms with Crippen molar-refractivity contribution in [1.29, 1.82) is 0 Å². The summed E-state index contributed by atoms with van der Waals surface area (Å²) < 4.78 is 7.07. The molecule has 0 radical (unpaired) electrons. The fourth-order valence-electron chi connectivity index (χ4n) is 4.26. The number of carbonyl (C=O) groups is 2. The molecule has 2 atom stereocenters. The fraction of sp³-hybridized carbons (Fsp3) is 0.318. The van der Waals surface area contributed by atoms with E-state index in [1.807, 2.05) is 30.3 Å². The zero-order valence-electron chi connectivity index (χ0n) is 15.8. The van der Waals surface area contributed by atoms with Crippen LogP contribution >= 0.6 is 0 Å². The number of benzene rings is 1. The predicted molar refractivity (Wildman–Crippen MR) is 105 cm³/mol. The van der Waals surface area contributed by atoms with Gasteiger partial charge in [0.25, 0.3) is 5.91 Å². The smallest absolute Gasteiger partial charge is 0.308 e. The Kier molecular flexibility index (Phi) is 4.23. The molecule has 1 saturated heterocycles. The quantitative estimate of drug-likeness (QED) is 0.721. The predicted octanol–water partition coefficient (Wildman–Crippen LogP) is 3.32. The Labute approximate surface area is 167 Å². The summed E-state index contributed by atoms with van der Waals surface area (Å²) in [5, 5.41) is 14.2. The number of furan rings is 1. The molecule has 7 nitrogen and oxygen atoms in total. The first-order chi connectivity index (χ1) is 14.1. The molecule has 2 fully saturated rings. The number of hydrogen-bond acceptors (Lipinski definition) is 4. The maximum Gasteiger partial charge on any atom is 0.308 e. The van der Waals surface area contributed by atoms with E-state index in [1.165, 1.54) is 0 Å². The summed E-state index contributed by atoms with van der Waals surface area (Å²) in [6.45, 7) is 0.724. The van der Waals surface area contributed by atoms with E-state index in [9.17, 15) is 14.7 Å². The van der Waals surface area contributed by atoms with Crippen molar-refractivity contribution in [3.05, 3.63) is 60.5 Å². The molecule has 0 bridgehead atoms. The number of aromatic nitrogens is 2. The van der Waals surface area contributed by atoms with Crippen LogP contribution in [0.25, 0.3) is 17.1 Å². The lowest BCUT2D eigenvalue weighted by atomic mass is 9.92. The van der Waals surface area contributed by atoms with Crippen molar-refractivity contribution in [1.82, 2.24) is 14.7 Å². The monoisotopic (exact) mass is 391 g/mol. The van der Waals surface area contributed by atoms with Crippen LogP contribution in [0.15, 0.2) is 59.2 Å². The normalized spacial score (nSPS) is 21.4. The Bertz CT molecular complexity index is 1040. The van der Waals surface area contributed by atoms with E-state index >= 15 is 0 Å². The molecule has 1 N–H and O–H groups in total. The molecule has 2 aliphatic rings. The van der Waals surface area contributed by atoms with Gasteiger partial charge in [-0.3, -0.25) is 9.59 Å². The third kappa shape index (κ3) is 3.22. The SMILES string of the molecule is O=C(O)[C@H]1CN(C(=O)c2cc(-c3ccco3)nn2-c2ccccc2)C[C@@H]1C1CC1. The Morgan fingerprint density at radius 2 is 1.86 bits per heavy atom. The van der Waals surface area contributed by atoms with Crippen LogP contribution in [0.3, 0.4) is 0 Å². The average molecular weight is 391 g/mol. The highest BCUT2D eigenvalue weighted by Gasteiger charge is 2.47. The number of likely N-dealkylation sites (tertiary alicyclic amines) is 1. The number of carboxylic acids is 1. The third-order valence-electron chi connectivity index (χ3n) is 5.90. The number of nitrogens with zero attached hydrogens (tertiary/aromatic N) is 3. The van der Waals surface area contributed by atoms with Gasteiger partial charge in [0.05, 0.1) is 17.9 Å². The minimum atomic E-state index is -0.815.